The molecule has 1 N–H and O–H groups in total. The minimum Gasteiger partial charge on any atom is -0.326 e. The Morgan fingerprint density at radius 2 is 1.71 bits per heavy atom. The molecule has 28 heavy (non-hydrogen) atoms. The average molecular weight is 462 g/mol. The largest absolute Gasteiger partial charge is 0.326 e. The van der Waals surface area contributed by atoms with E-state index in [1.54, 1.807) is 36.4 Å². The summed E-state index contributed by atoms with van der Waals surface area (Å²) in [5, 5.41) is 11.6. The molecule has 2 aromatic rings. The van der Waals surface area contributed by atoms with Gasteiger partial charge in [0.15, 0.2) is 0 Å². The molecule has 1 amide bonds. The number of benzene rings is 2. The van der Waals surface area contributed by atoms with Gasteiger partial charge in [-0.3, -0.25) is 4.79 Å². The normalized spacial score (nSPS) is 15.7. The third-order valence-electron chi connectivity index (χ3n) is 4.78. The van der Waals surface area contributed by atoms with Crippen LogP contribution in [0, 0.1) is 17.2 Å². The Morgan fingerprint density at radius 3 is 2.29 bits per heavy atom. The van der Waals surface area contributed by atoms with Crippen LogP contribution < -0.4 is 5.32 Å². The molecule has 0 aromatic heterocycles. The highest BCUT2D eigenvalue weighted by Gasteiger charge is 2.32. The van der Waals surface area contributed by atoms with Crippen LogP contribution in [0.2, 0.25) is 0 Å². The Bertz CT molecular complexity index is 975. The van der Waals surface area contributed by atoms with Gasteiger partial charge < -0.3 is 5.32 Å². The first-order valence-corrected chi connectivity index (χ1v) is 11.2. The quantitative estimate of drug-likeness (QED) is 0.736. The molecule has 1 heterocycles. The van der Waals surface area contributed by atoms with Gasteiger partial charge in [0.25, 0.3) is 0 Å². The van der Waals surface area contributed by atoms with E-state index in [4.69, 9.17) is 5.26 Å². The topological polar surface area (TPSA) is 90.3 Å². The Labute approximate surface area is 173 Å². The van der Waals surface area contributed by atoms with E-state index in [1.807, 2.05) is 12.1 Å². The molecular formula is C20H20BrN3O3S. The third-order valence-corrected chi connectivity index (χ3v) is 7.22. The van der Waals surface area contributed by atoms with E-state index in [-0.39, 0.29) is 16.7 Å². The Kier molecular flexibility index (Phi) is 6.50. The second kappa shape index (κ2) is 8.86. The fourth-order valence-corrected chi connectivity index (χ4v) is 4.89. The molecule has 1 fully saturated rings. The van der Waals surface area contributed by atoms with Crippen molar-refractivity contribution in [2.24, 2.45) is 5.92 Å². The van der Waals surface area contributed by atoms with E-state index in [1.165, 1.54) is 4.31 Å². The van der Waals surface area contributed by atoms with Crippen molar-refractivity contribution in [1.29, 1.82) is 5.26 Å². The van der Waals surface area contributed by atoms with Gasteiger partial charge in [-0.15, -0.1) is 0 Å². The van der Waals surface area contributed by atoms with Crippen LogP contribution in [0.1, 0.15) is 18.4 Å². The average Bonchev–Trinajstić information content (AvgIpc) is 2.70. The molecule has 0 unspecified atom stereocenters. The smallest absolute Gasteiger partial charge is 0.243 e. The first-order valence-electron chi connectivity index (χ1n) is 8.92. The maximum absolute atomic E-state index is 12.7. The first-order chi connectivity index (χ1) is 13.4. The highest BCUT2D eigenvalue weighted by molar-refractivity contribution is 9.10. The monoisotopic (exact) mass is 461 g/mol. The Balaban J connectivity index is 1.58. The lowest BCUT2D eigenvalue weighted by Gasteiger charge is -2.30. The summed E-state index contributed by atoms with van der Waals surface area (Å²) in [6, 6.07) is 15.8. The lowest BCUT2D eigenvalue weighted by molar-refractivity contribution is -0.120. The van der Waals surface area contributed by atoms with E-state index in [9.17, 15) is 13.2 Å². The first kappa shape index (κ1) is 20.5. The summed E-state index contributed by atoms with van der Waals surface area (Å²) in [5.41, 5.74) is 1.57. The van der Waals surface area contributed by atoms with Gasteiger partial charge in [-0.25, -0.2) is 8.42 Å². The van der Waals surface area contributed by atoms with Crippen molar-refractivity contribution < 1.29 is 13.2 Å². The molecule has 0 atom stereocenters. The molecule has 0 aliphatic carbocycles. The van der Waals surface area contributed by atoms with Gasteiger partial charge in [-0.1, -0.05) is 28.1 Å². The van der Waals surface area contributed by atoms with Gasteiger partial charge in [0.05, 0.1) is 17.4 Å². The molecule has 1 saturated heterocycles. The number of rotatable bonds is 5. The minimum atomic E-state index is -3.54. The molecule has 8 heteroatoms. The van der Waals surface area contributed by atoms with E-state index in [2.05, 4.69) is 27.3 Å². The predicted octanol–water partition coefficient (Wildman–Crippen LogP) is 3.55. The van der Waals surface area contributed by atoms with Gasteiger partial charge in [-0.05, 0) is 54.8 Å². The number of halogens is 1. The number of nitrogens with one attached hydrogen (secondary N) is 1. The third kappa shape index (κ3) is 4.79. The van der Waals surface area contributed by atoms with Crippen LogP contribution in [0.25, 0.3) is 0 Å². The van der Waals surface area contributed by atoms with E-state index in [0.29, 0.717) is 38.0 Å². The zero-order chi connectivity index (χ0) is 20.1. The summed E-state index contributed by atoms with van der Waals surface area (Å²) in [6.07, 6.45) is 1.29. The number of sulfonamides is 1. The van der Waals surface area contributed by atoms with Crippen molar-refractivity contribution in [1.82, 2.24) is 4.31 Å². The van der Waals surface area contributed by atoms with Gasteiger partial charge in [0.1, 0.15) is 0 Å². The standard InChI is InChI=1S/C20H20BrN3O3S/c21-17-3-7-19(8-4-17)28(26,27)24-13-10-16(11-14-24)20(25)23-18-5-1-15(2-6-18)9-12-22/h1-8,16H,9-11,13-14H2,(H,23,25). The number of nitrogens with zero attached hydrogens (tertiary/aromatic N) is 2. The van der Waals surface area contributed by atoms with Crippen LogP contribution in [0.5, 0.6) is 0 Å². The molecule has 2 aromatic carbocycles. The maximum Gasteiger partial charge on any atom is 0.243 e. The maximum atomic E-state index is 12.7. The highest BCUT2D eigenvalue weighted by atomic mass is 79.9. The summed E-state index contributed by atoms with van der Waals surface area (Å²) in [7, 11) is -3.54. The Hall–Kier alpha value is -2.21. The molecule has 3 rings (SSSR count). The lowest BCUT2D eigenvalue weighted by Crippen LogP contribution is -2.41. The summed E-state index contributed by atoms with van der Waals surface area (Å²) in [5.74, 6) is -0.330. The van der Waals surface area contributed by atoms with E-state index < -0.39 is 10.0 Å². The van der Waals surface area contributed by atoms with Crippen LogP contribution in [0.4, 0.5) is 5.69 Å². The molecule has 1 aliphatic heterocycles. The number of amides is 1. The molecule has 6 nitrogen and oxygen atoms in total. The van der Waals surface area contributed by atoms with Crippen LogP contribution in [0.15, 0.2) is 57.9 Å². The van der Waals surface area contributed by atoms with E-state index in [0.717, 1.165) is 10.0 Å². The minimum absolute atomic E-state index is 0.103. The van der Waals surface area contributed by atoms with Crippen molar-refractivity contribution in [3.05, 3.63) is 58.6 Å². The number of hydrogen-bond acceptors (Lipinski definition) is 4. The number of carbonyl (C=O) groups is 1. The van der Waals surface area contributed by atoms with Crippen molar-refractivity contribution in [2.75, 3.05) is 18.4 Å². The number of anilines is 1. The van der Waals surface area contributed by atoms with Gasteiger partial charge in [0, 0.05) is 29.2 Å². The highest BCUT2D eigenvalue weighted by Crippen LogP contribution is 2.25. The summed E-state index contributed by atoms with van der Waals surface area (Å²) in [4.78, 5) is 12.8. The molecule has 0 radical (unpaired) electrons. The summed E-state index contributed by atoms with van der Waals surface area (Å²) in [6.45, 7) is 0.634. The number of piperidine rings is 1. The SMILES string of the molecule is N#CCc1ccc(NC(=O)C2CCN(S(=O)(=O)c3ccc(Br)cc3)CC2)cc1. The van der Waals surface area contributed by atoms with Crippen LogP contribution in [0.3, 0.4) is 0 Å². The summed E-state index contributed by atoms with van der Waals surface area (Å²) >= 11 is 3.30. The zero-order valence-corrected chi connectivity index (χ0v) is 17.5. The van der Waals surface area contributed by atoms with Crippen LogP contribution >= 0.6 is 15.9 Å². The van der Waals surface area contributed by atoms with Crippen molar-refractivity contribution in [3.8, 4) is 6.07 Å². The fourth-order valence-electron chi connectivity index (χ4n) is 3.16. The van der Waals surface area contributed by atoms with Gasteiger partial charge >= 0.3 is 0 Å². The number of nitriles is 1. The van der Waals surface area contributed by atoms with Crippen molar-refractivity contribution in [2.45, 2.75) is 24.2 Å². The summed E-state index contributed by atoms with van der Waals surface area (Å²) < 4.78 is 27.7. The van der Waals surface area contributed by atoms with Gasteiger partial charge in [-0.2, -0.15) is 9.57 Å². The molecule has 0 bridgehead atoms. The predicted molar refractivity (Wildman–Crippen MR) is 110 cm³/mol. The lowest BCUT2D eigenvalue weighted by atomic mass is 9.97. The second-order valence-corrected chi connectivity index (χ2v) is 9.51. The van der Waals surface area contributed by atoms with Crippen LogP contribution in [-0.4, -0.2) is 31.7 Å². The second-order valence-electron chi connectivity index (χ2n) is 6.65. The van der Waals surface area contributed by atoms with Crippen molar-refractivity contribution >= 4 is 37.5 Å². The zero-order valence-electron chi connectivity index (χ0n) is 15.1. The van der Waals surface area contributed by atoms with Gasteiger partial charge in [0.2, 0.25) is 15.9 Å². The molecule has 1 aliphatic rings. The molecule has 0 spiro atoms. The fraction of sp³-hybridized carbons (Fsp3) is 0.300. The van der Waals surface area contributed by atoms with E-state index >= 15 is 0 Å². The van der Waals surface area contributed by atoms with Crippen molar-refractivity contribution in [3.63, 3.8) is 0 Å². The molecule has 0 saturated carbocycles. The molecular weight excluding hydrogens is 442 g/mol. The van der Waals surface area contributed by atoms with Crippen LogP contribution in [-0.2, 0) is 21.2 Å². The number of carbonyl (C=O) groups excluding carboxylic acids is 1. The Morgan fingerprint density at radius 1 is 1.11 bits per heavy atom. The number of hydrogen-bond donors (Lipinski definition) is 1. The molecule has 146 valence electrons.